The van der Waals surface area contributed by atoms with Crippen LogP contribution in [0.2, 0.25) is 4.34 Å². The van der Waals surface area contributed by atoms with Gasteiger partial charge in [-0.05, 0) is 17.0 Å². The van der Waals surface area contributed by atoms with Crippen molar-refractivity contribution < 1.29 is 18.7 Å². The van der Waals surface area contributed by atoms with Gasteiger partial charge in [0.25, 0.3) is 0 Å². The first kappa shape index (κ1) is 11.4. The first-order chi connectivity index (χ1) is 6.50. The minimum Gasteiger partial charge on any atom is -0.481 e. The van der Waals surface area contributed by atoms with Crippen molar-refractivity contribution in [2.24, 2.45) is 0 Å². The maximum Gasteiger partial charge on any atom is 0.304 e. The van der Waals surface area contributed by atoms with Gasteiger partial charge in [-0.25, -0.2) is 8.78 Å². The van der Waals surface area contributed by atoms with Gasteiger partial charge < -0.3 is 5.11 Å². The summed E-state index contributed by atoms with van der Waals surface area (Å²) in [5, 5.41) is 9.90. The number of alkyl halides is 2. The summed E-state index contributed by atoms with van der Waals surface area (Å²) in [5.74, 6) is -2.51. The molecule has 1 heterocycles. The van der Waals surface area contributed by atoms with Gasteiger partial charge in [0.2, 0.25) is 6.43 Å². The Bertz CT molecular complexity index is 327. The standard InChI is InChI=1S/C8H7ClF2O2S/c9-6-1-4(3-14-6)5(8(10)11)2-7(12)13/h1,3,5,8H,2H2,(H,12,13). The van der Waals surface area contributed by atoms with E-state index < -0.39 is 24.7 Å². The normalized spacial score (nSPS) is 13.1. The molecule has 1 atom stereocenters. The summed E-state index contributed by atoms with van der Waals surface area (Å²) < 4.78 is 25.3. The molecule has 78 valence electrons. The zero-order chi connectivity index (χ0) is 10.7. The van der Waals surface area contributed by atoms with E-state index in [2.05, 4.69) is 0 Å². The zero-order valence-corrected chi connectivity index (χ0v) is 8.49. The van der Waals surface area contributed by atoms with E-state index in [-0.39, 0.29) is 5.56 Å². The Morgan fingerprint density at radius 1 is 1.64 bits per heavy atom. The van der Waals surface area contributed by atoms with Crippen LogP contribution in [0, 0.1) is 0 Å². The molecule has 0 amide bonds. The van der Waals surface area contributed by atoms with Crippen molar-refractivity contribution in [3.05, 3.63) is 21.3 Å². The lowest BCUT2D eigenvalue weighted by Crippen LogP contribution is -2.13. The Balaban J connectivity index is 2.82. The minimum atomic E-state index is -2.68. The fraction of sp³-hybridized carbons (Fsp3) is 0.375. The quantitative estimate of drug-likeness (QED) is 0.877. The van der Waals surface area contributed by atoms with E-state index in [1.807, 2.05) is 0 Å². The van der Waals surface area contributed by atoms with Crippen LogP contribution < -0.4 is 0 Å². The van der Waals surface area contributed by atoms with Crippen LogP contribution >= 0.6 is 22.9 Å². The summed E-state index contributed by atoms with van der Waals surface area (Å²) in [6.45, 7) is 0. The molecule has 1 aromatic heterocycles. The van der Waals surface area contributed by atoms with E-state index in [1.54, 1.807) is 0 Å². The maximum atomic E-state index is 12.5. The summed E-state index contributed by atoms with van der Waals surface area (Å²) in [7, 11) is 0. The molecule has 0 aliphatic carbocycles. The third-order valence-electron chi connectivity index (χ3n) is 1.71. The summed E-state index contributed by atoms with van der Waals surface area (Å²) in [6, 6.07) is 1.38. The number of carbonyl (C=O) groups is 1. The van der Waals surface area contributed by atoms with Gasteiger partial charge in [-0.15, -0.1) is 11.3 Å². The summed E-state index contributed by atoms with van der Waals surface area (Å²) in [4.78, 5) is 10.3. The van der Waals surface area contributed by atoms with Crippen LogP contribution in [0.1, 0.15) is 17.9 Å². The lowest BCUT2D eigenvalue weighted by molar-refractivity contribution is -0.138. The molecule has 1 N–H and O–H groups in total. The van der Waals surface area contributed by atoms with E-state index in [9.17, 15) is 13.6 Å². The van der Waals surface area contributed by atoms with Crippen molar-refractivity contribution in [3.8, 4) is 0 Å². The van der Waals surface area contributed by atoms with Crippen LogP contribution in [0.15, 0.2) is 11.4 Å². The molecular formula is C8H7ClF2O2S. The van der Waals surface area contributed by atoms with Gasteiger partial charge in [-0.3, -0.25) is 4.79 Å². The van der Waals surface area contributed by atoms with E-state index in [4.69, 9.17) is 16.7 Å². The third kappa shape index (κ3) is 2.92. The van der Waals surface area contributed by atoms with Gasteiger partial charge in [-0.2, -0.15) is 0 Å². The number of thiophene rings is 1. The predicted molar refractivity (Wildman–Crippen MR) is 50.3 cm³/mol. The Morgan fingerprint density at radius 2 is 2.29 bits per heavy atom. The third-order valence-corrected chi connectivity index (χ3v) is 2.82. The van der Waals surface area contributed by atoms with Crippen molar-refractivity contribution in [2.75, 3.05) is 0 Å². The summed E-state index contributed by atoms with van der Waals surface area (Å²) in [6.07, 6.45) is -3.26. The molecule has 14 heavy (non-hydrogen) atoms. The van der Waals surface area contributed by atoms with E-state index in [0.29, 0.717) is 4.34 Å². The molecule has 0 fully saturated rings. The Morgan fingerprint density at radius 3 is 2.64 bits per heavy atom. The van der Waals surface area contributed by atoms with Crippen LogP contribution in [0.3, 0.4) is 0 Å². The molecule has 6 heteroatoms. The molecule has 1 rings (SSSR count). The van der Waals surface area contributed by atoms with Gasteiger partial charge in [0, 0.05) is 0 Å². The highest BCUT2D eigenvalue weighted by Crippen LogP contribution is 2.32. The van der Waals surface area contributed by atoms with Gasteiger partial charge >= 0.3 is 5.97 Å². The average Bonchev–Trinajstić information content (AvgIpc) is 2.46. The molecule has 1 unspecified atom stereocenters. The molecule has 0 radical (unpaired) electrons. The van der Waals surface area contributed by atoms with Gasteiger partial charge in [0.05, 0.1) is 16.7 Å². The van der Waals surface area contributed by atoms with Gasteiger partial charge in [-0.1, -0.05) is 11.6 Å². The molecule has 0 saturated carbocycles. The maximum absolute atomic E-state index is 12.5. The fourth-order valence-corrected chi connectivity index (χ4v) is 2.01. The number of rotatable bonds is 4. The first-order valence-electron chi connectivity index (χ1n) is 3.74. The highest BCUT2D eigenvalue weighted by molar-refractivity contribution is 7.14. The number of carboxylic acid groups (broad SMARTS) is 1. The number of halogens is 3. The second kappa shape index (κ2) is 4.70. The Labute approximate surface area is 88.1 Å². The van der Waals surface area contributed by atoms with Crippen molar-refractivity contribution in [2.45, 2.75) is 18.8 Å². The predicted octanol–water partition coefficient (Wildman–Crippen LogP) is 3.22. The molecule has 1 aromatic rings. The summed E-state index contributed by atoms with van der Waals surface area (Å²) >= 11 is 6.69. The second-order valence-corrected chi connectivity index (χ2v) is 4.27. The van der Waals surface area contributed by atoms with Crippen molar-refractivity contribution >= 4 is 28.9 Å². The van der Waals surface area contributed by atoms with Crippen molar-refractivity contribution in [1.29, 1.82) is 0 Å². The van der Waals surface area contributed by atoms with Crippen LogP contribution in [-0.2, 0) is 4.79 Å². The lowest BCUT2D eigenvalue weighted by atomic mass is 9.99. The molecule has 0 aromatic carbocycles. The van der Waals surface area contributed by atoms with E-state index >= 15 is 0 Å². The molecule has 0 aliphatic heterocycles. The highest BCUT2D eigenvalue weighted by atomic mass is 35.5. The van der Waals surface area contributed by atoms with Gasteiger partial charge in [0.15, 0.2) is 0 Å². The van der Waals surface area contributed by atoms with Crippen LogP contribution in [0.4, 0.5) is 8.78 Å². The SMILES string of the molecule is O=C(O)CC(c1csc(Cl)c1)C(F)F. The molecule has 0 bridgehead atoms. The van der Waals surface area contributed by atoms with E-state index in [0.717, 1.165) is 11.3 Å². The zero-order valence-electron chi connectivity index (χ0n) is 6.91. The van der Waals surface area contributed by atoms with Crippen LogP contribution in [0.5, 0.6) is 0 Å². The van der Waals surface area contributed by atoms with Crippen molar-refractivity contribution in [1.82, 2.24) is 0 Å². The lowest BCUT2D eigenvalue weighted by Gasteiger charge is -2.11. The second-order valence-electron chi connectivity index (χ2n) is 2.72. The molecule has 0 saturated heterocycles. The highest BCUT2D eigenvalue weighted by Gasteiger charge is 2.26. The largest absolute Gasteiger partial charge is 0.481 e. The minimum absolute atomic E-state index is 0.289. The van der Waals surface area contributed by atoms with Crippen LogP contribution in [0.25, 0.3) is 0 Å². The molecule has 2 nitrogen and oxygen atoms in total. The Hall–Kier alpha value is -0.680. The summed E-state index contributed by atoms with van der Waals surface area (Å²) in [5.41, 5.74) is 0.289. The Kier molecular flexibility index (Phi) is 3.83. The first-order valence-corrected chi connectivity index (χ1v) is 5.00. The fourth-order valence-electron chi connectivity index (χ4n) is 1.06. The number of carboxylic acids is 1. The van der Waals surface area contributed by atoms with Gasteiger partial charge in [0.1, 0.15) is 0 Å². The van der Waals surface area contributed by atoms with Crippen LogP contribution in [-0.4, -0.2) is 17.5 Å². The average molecular weight is 241 g/mol. The smallest absolute Gasteiger partial charge is 0.304 e. The van der Waals surface area contributed by atoms with Crippen molar-refractivity contribution in [3.63, 3.8) is 0 Å². The number of aliphatic carboxylic acids is 1. The number of hydrogen-bond donors (Lipinski definition) is 1. The molecular weight excluding hydrogens is 234 g/mol. The topological polar surface area (TPSA) is 37.3 Å². The molecule has 0 spiro atoms. The monoisotopic (exact) mass is 240 g/mol. The molecule has 0 aliphatic rings. The van der Waals surface area contributed by atoms with E-state index in [1.165, 1.54) is 11.4 Å². The number of hydrogen-bond acceptors (Lipinski definition) is 2.